The van der Waals surface area contributed by atoms with E-state index < -0.39 is 34.6 Å². The highest BCUT2D eigenvalue weighted by Gasteiger charge is 2.32. The first kappa shape index (κ1) is 21.4. The lowest BCUT2D eigenvalue weighted by Crippen LogP contribution is -2.27. The van der Waals surface area contributed by atoms with Crippen LogP contribution in [0.25, 0.3) is 0 Å². The van der Waals surface area contributed by atoms with Gasteiger partial charge in [-0.1, -0.05) is 11.8 Å². The summed E-state index contributed by atoms with van der Waals surface area (Å²) in [6.07, 6.45) is 0.141. The number of nitrogens with one attached hydrogen (secondary N) is 2. The summed E-state index contributed by atoms with van der Waals surface area (Å²) in [6.45, 7) is 5.13. The van der Waals surface area contributed by atoms with Crippen molar-refractivity contribution >= 4 is 46.8 Å². The minimum absolute atomic E-state index is 0.130. The van der Waals surface area contributed by atoms with Gasteiger partial charge in [0.05, 0.1) is 18.3 Å². The number of thioether (sulfide) groups is 1. The first-order valence-corrected chi connectivity index (χ1v) is 9.01. The third-order valence-corrected chi connectivity index (χ3v) is 4.20. The van der Waals surface area contributed by atoms with E-state index in [0.717, 1.165) is 17.8 Å². The molecule has 1 fully saturated rings. The molecule has 11 heteroatoms. The zero-order valence-electron chi connectivity index (χ0n) is 15.4. The Hall–Kier alpha value is -2.95. The number of rotatable bonds is 5. The van der Waals surface area contributed by atoms with E-state index in [1.54, 1.807) is 20.8 Å². The predicted molar refractivity (Wildman–Crippen MR) is 103 cm³/mol. The maximum atomic E-state index is 13.5. The van der Waals surface area contributed by atoms with Crippen molar-refractivity contribution in [1.82, 2.24) is 5.32 Å². The molecule has 2 rings (SSSR count). The van der Waals surface area contributed by atoms with Gasteiger partial charge in [0.15, 0.2) is 5.17 Å². The third kappa shape index (κ3) is 6.65. The van der Waals surface area contributed by atoms with E-state index in [-0.39, 0.29) is 22.8 Å². The minimum Gasteiger partial charge on any atom is -0.481 e. The van der Waals surface area contributed by atoms with Crippen LogP contribution in [0.3, 0.4) is 0 Å². The zero-order valence-corrected chi connectivity index (χ0v) is 16.2. The van der Waals surface area contributed by atoms with E-state index in [1.165, 1.54) is 18.3 Å². The smallest absolute Gasteiger partial charge is 0.412 e. The number of carbonyl (C=O) groups excluding carboxylic acids is 2. The Bertz CT molecular complexity index is 850. The number of halogens is 1. The van der Waals surface area contributed by atoms with Gasteiger partial charge >= 0.3 is 12.1 Å². The van der Waals surface area contributed by atoms with Crippen LogP contribution in [0, 0.1) is 5.82 Å². The van der Waals surface area contributed by atoms with Crippen molar-refractivity contribution in [2.75, 3.05) is 5.32 Å². The zero-order chi connectivity index (χ0) is 20.9. The molecule has 0 bridgehead atoms. The molecular weight excluding hydrogens is 391 g/mol. The molecule has 0 aromatic heterocycles. The Kier molecular flexibility index (Phi) is 6.73. The molecule has 150 valence electrons. The Balaban J connectivity index is 2.11. The number of nitrogens with zero attached hydrogens (tertiary/aromatic N) is 2. The summed E-state index contributed by atoms with van der Waals surface area (Å²) in [4.78, 5) is 34.3. The Morgan fingerprint density at radius 1 is 1.43 bits per heavy atom. The molecular formula is C17H19FN4O5S. The fraction of sp³-hybridized carbons (Fsp3) is 0.353. The van der Waals surface area contributed by atoms with E-state index in [1.807, 2.05) is 0 Å². The minimum atomic E-state index is -1.10. The first-order chi connectivity index (χ1) is 13.0. The van der Waals surface area contributed by atoms with Crippen molar-refractivity contribution in [3.05, 3.63) is 29.6 Å². The Labute approximate surface area is 164 Å². The number of benzene rings is 1. The largest absolute Gasteiger partial charge is 0.481 e. The standard InChI is InChI=1S/C17H19FN4O5S/c1-17(2,3)27-16(26)20-11-5-4-10(18)6-9(11)8-19-22-15-21-14(25)12(28-15)7-13(23)24/h4-6,8,12H,7H2,1-3H3,(H,20,26)(H,23,24)(H,21,22,25). The molecule has 1 saturated heterocycles. The maximum Gasteiger partial charge on any atom is 0.412 e. The summed E-state index contributed by atoms with van der Waals surface area (Å²) in [5.41, 5.74) is -0.215. The maximum absolute atomic E-state index is 13.5. The number of hydrogen-bond acceptors (Lipinski definition) is 7. The van der Waals surface area contributed by atoms with Crippen LogP contribution in [-0.2, 0) is 14.3 Å². The van der Waals surface area contributed by atoms with Gasteiger partial charge in [0.25, 0.3) is 0 Å². The molecule has 0 aliphatic carbocycles. The van der Waals surface area contributed by atoms with Crippen LogP contribution >= 0.6 is 11.8 Å². The van der Waals surface area contributed by atoms with Crippen LogP contribution in [0.2, 0.25) is 0 Å². The van der Waals surface area contributed by atoms with E-state index >= 15 is 0 Å². The van der Waals surface area contributed by atoms with Crippen molar-refractivity contribution in [3.63, 3.8) is 0 Å². The topological polar surface area (TPSA) is 129 Å². The van der Waals surface area contributed by atoms with Crippen LogP contribution in [0.5, 0.6) is 0 Å². The van der Waals surface area contributed by atoms with Crippen LogP contribution in [0.4, 0.5) is 14.9 Å². The number of carboxylic acids is 1. The summed E-state index contributed by atoms with van der Waals surface area (Å²) in [6, 6.07) is 3.66. The van der Waals surface area contributed by atoms with E-state index in [9.17, 15) is 18.8 Å². The number of ether oxygens (including phenoxy) is 1. The van der Waals surface area contributed by atoms with Crippen LogP contribution in [0.15, 0.2) is 28.4 Å². The van der Waals surface area contributed by atoms with Gasteiger partial charge in [-0.25, -0.2) is 9.18 Å². The molecule has 1 aromatic rings. The molecule has 0 spiro atoms. The molecule has 1 aromatic carbocycles. The second-order valence-electron chi connectivity index (χ2n) is 6.70. The van der Waals surface area contributed by atoms with Crippen molar-refractivity contribution in [1.29, 1.82) is 0 Å². The summed E-state index contributed by atoms with van der Waals surface area (Å²) in [5, 5.41) is 20.6. The number of aliphatic carboxylic acids is 1. The lowest BCUT2D eigenvalue weighted by atomic mass is 10.2. The van der Waals surface area contributed by atoms with Gasteiger partial charge in [0.2, 0.25) is 5.91 Å². The number of carboxylic acid groups (broad SMARTS) is 1. The SMILES string of the molecule is CC(C)(C)OC(=O)Nc1ccc(F)cc1C=NN=C1NC(=O)C(CC(=O)O)S1. The molecule has 1 unspecified atom stereocenters. The highest BCUT2D eigenvalue weighted by Crippen LogP contribution is 2.22. The molecule has 1 heterocycles. The van der Waals surface area contributed by atoms with Gasteiger partial charge in [-0.15, -0.1) is 5.10 Å². The van der Waals surface area contributed by atoms with Crippen molar-refractivity contribution < 1.29 is 28.6 Å². The summed E-state index contributed by atoms with van der Waals surface area (Å²) < 4.78 is 18.7. The van der Waals surface area contributed by atoms with Gasteiger partial charge in [-0.05, 0) is 39.0 Å². The number of carbonyl (C=O) groups is 3. The van der Waals surface area contributed by atoms with Crippen LogP contribution in [0.1, 0.15) is 32.8 Å². The predicted octanol–water partition coefficient (Wildman–Crippen LogP) is 2.57. The van der Waals surface area contributed by atoms with Crippen molar-refractivity contribution in [3.8, 4) is 0 Å². The number of anilines is 1. The lowest BCUT2D eigenvalue weighted by molar-refractivity contribution is -0.138. The molecule has 9 nitrogen and oxygen atoms in total. The monoisotopic (exact) mass is 410 g/mol. The molecule has 28 heavy (non-hydrogen) atoms. The van der Waals surface area contributed by atoms with Gasteiger partial charge < -0.3 is 15.2 Å². The second kappa shape index (κ2) is 8.83. The summed E-state index contributed by atoms with van der Waals surface area (Å²) >= 11 is 0.938. The summed E-state index contributed by atoms with van der Waals surface area (Å²) in [7, 11) is 0. The number of amides is 2. The van der Waals surface area contributed by atoms with Gasteiger partial charge in [0, 0.05) is 5.56 Å². The average molecular weight is 410 g/mol. The molecule has 2 amide bonds. The molecule has 0 saturated carbocycles. The average Bonchev–Trinajstić information content (AvgIpc) is 2.87. The van der Waals surface area contributed by atoms with E-state index in [4.69, 9.17) is 9.84 Å². The Morgan fingerprint density at radius 2 is 2.14 bits per heavy atom. The quantitative estimate of drug-likeness (QED) is 0.505. The van der Waals surface area contributed by atoms with Crippen molar-refractivity contribution in [2.24, 2.45) is 10.2 Å². The van der Waals surface area contributed by atoms with Gasteiger partial charge in [-0.3, -0.25) is 14.9 Å². The fourth-order valence-electron chi connectivity index (χ4n) is 2.06. The van der Waals surface area contributed by atoms with Gasteiger partial charge in [-0.2, -0.15) is 5.10 Å². The molecule has 1 aliphatic heterocycles. The molecule has 1 aliphatic rings. The molecule has 3 N–H and O–H groups in total. The van der Waals surface area contributed by atoms with Crippen LogP contribution in [-0.4, -0.2) is 45.3 Å². The summed E-state index contributed by atoms with van der Waals surface area (Å²) in [5.74, 6) is -2.12. The first-order valence-electron chi connectivity index (χ1n) is 8.13. The molecule has 0 radical (unpaired) electrons. The third-order valence-electron chi connectivity index (χ3n) is 3.13. The fourth-order valence-corrected chi connectivity index (χ4v) is 2.97. The van der Waals surface area contributed by atoms with E-state index in [2.05, 4.69) is 20.8 Å². The van der Waals surface area contributed by atoms with Crippen molar-refractivity contribution in [2.45, 2.75) is 38.0 Å². The number of hydrogen-bond donors (Lipinski definition) is 3. The highest BCUT2D eigenvalue weighted by atomic mass is 32.2. The highest BCUT2D eigenvalue weighted by molar-refractivity contribution is 8.15. The number of amidine groups is 1. The van der Waals surface area contributed by atoms with Gasteiger partial charge in [0.1, 0.15) is 16.7 Å². The Morgan fingerprint density at radius 3 is 2.79 bits per heavy atom. The molecule has 1 atom stereocenters. The van der Waals surface area contributed by atoms with Crippen LogP contribution < -0.4 is 10.6 Å². The normalized spacial score (nSPS) is 18.4. The lowest BCUT2D eigenvalue weighted by Gasteiger charge is -2.20. The van der Waals surface area contributed by atoms with E-state index in [0.29, 0.717) is 0 Å². The second-order valence-corrected chi connectivity index (χ2v) is 7.89.